The topological polar surface area (TPSA) is 61.2 Å². The Bertz CT molecular complexity index is 1090. The average Bonchev–Trinajstić information content (AvgIpc) is 3.07. The van der Waals surface area contributed by atoms with Gasteiger partial charge in [0.05, 0.1) is 16.9 Å². The summed E-state index contributed by atoms with van der Waals surface area (Å²) in [4.78, 5) is 0. The van der Waals surface area contributed by atoms with Gasteiger partial charge in [-0.25, -0.2) is 8.70 Å². The van der Waals surface area contributed by atoms with Gasteiger partial charge in [0, 0.05) is 23.9 Å². The number of aryl methyl sites for hydroxylation is 1. The second kappa shape index (κ2) is 8.52. The van der Waals surface area contributed by atoms with E-state index in [4.69, 9.17) is 0 Å². The highest BCUT2D eigenvalue weighted by molar-refractivity contribution is 7.76. The molecule has 0 aliphatic carbocycles. The molecular formula is C21H20F4N3O2S-. The largest absolute Gasteiger partial charge is 0.760 e. The zero-order valence-corrected chi connectivity index (χ0v) is 17.8. The van der Waals surface area contributed by atoms with E-state index in [1.54, 1.807) is 54.2 Å². The number of halogens is 4. The maximum atomic E-state index is 13.2. The molecule has 0 aliphatic rings. The molecule has 5 nitrogen and oxygen atoms in total. The van der Waals surface area contributed by atoms with Crippen molar-refractivity contribution < 1.29 is 26.3 Å². The summed E-state index contributed by atoms with van der Waals surface area (Å²) in [6.07, 6.45) is -4.68. The molecule has 166 valence electrons. The van der Waals surface area contributed by atoms with Crippen LogP contribution in [0.15, 0.2) is 54.6 Å². The Hall–Kier alpha value is -2.56. The molecule has 3 aromatic rings. The lowest BCUT2D eigenvalue weighted by Crippen LogP contribution is -2.47. The van der Waals surface area contributed by atoms with E-state index < -0.39 is 29.5 Å². The first-order valence-electron chi connectivity index (χ1n) is 9.23. The van der Waals surface area contributed by atoms with Crippen LogP contribution in [0.5, 0.6) is 0 Å². The van der Waals surface area contributed by atoms with Crippen molar-refractivity contribution >= 4 is 11.3 Å². The number of hydrogen-bond donors (Lipinski definition) is 0. The molecule has 0 amide bonds. The van der Waals surface area contributed by atoms with Gasteiger partial charge in [-0.1, -0.05) is 18.2 Å². The van der Waals surface area contributed by atoms with Gasteiger partial charge in [-0.3, -0.25) is 8.89 Å². The fourth-order valence-electron chi connectivity index (χ4n) is 3.30. The molecule has 0 radical (unpaired) electrons. The summed E-state index contributed by atoms with van der Waals surface area (Å²) >= 11 is -3.08. The monoisotopic (exact) mass is 454 g/mol. The fourth-order valence-corrected chi connectivity index (χ4v) is 4.03. The van der Waals surface area contributed by atoms with Gasteiger partial charge in [0.1, 0.15) is 12.4 Å². The Balaban J connectivity index is 1.99. The van der Waals surface area contributed by atoms with Gasteiger partial charge in [-0.05, 0) is 61.4 Å². The minimum absolute atomic E-state index is 0.361. The van der Waals surface area contributed by atoms with Crippen LogP contribution >= 0.6 is 0 Å². The van der Waals surface area contributed by atoms with Gasteiger partial charge in [0.15, 0.2) is 0 Å². The van der Waals surface area contributed by atoms with E-state index in [0.717, 1.165) is 11.3 Å². The number of rotatable bonds is 6. The minimum atomic E-state index is -4.68. The van der Waals surface area contributed by atoms with Crippen LogP contribution < -0.4 is 0 Å². The molecule has 0 spiro atoms. The molecule has 2 aromatic carbocycles. The molecule has 0 N–H and O–H groups in total. The summed E-state index contributed by atoms with van der Waals surface area (Å²) in [5.41, 5.74) is 1.55. The molecule has 1 aromatic heterocycles. The molecule has 10 heteroatoms. The van der Waals surface area contributed by atoms with Gasteiger partial charge >= 0.3 is 6.18 Å². The second-order valence-corrected chi connectivity index (χ2v) is 8.43. The average molecular weight is 454 g/mol. The van der Waals surface area contributed by atoms with Crippen LogP contribution in [0.2, 0.25) is 0 Å². The van der Waals surface area contributed by atoms with E-state index >= 15 is 0 Å². The highest BCUT2D eigenvalue weighted by Gasteiger charge is 2.39. The molecule has 0 saturated heterocycles. The van der Waals surface area contributed by atoms with E-state index in [-0.39, 0.29) is 5.82 Å². The molecule has 0 saturated carbocycles. The Morgan fingerprint density at radius 1 is 1.06 bits per heavy atom. The van der Waals surface area contributed by atoms with E-state index in [0.29, 0.717) is 21.1 Å². The van der Waals surface area contributed by atoms with Crippen LogP contribution in [-0.2, 0) is 23.9 Å². The summed E-state index contributed by atoms with van der Waals surface area (Å²) in [5.74, 6) is -0.361. The first-order valence-corrected chi connectivity index (χ1v) is 10.3. The number of hydrogen-bond acceptors (Lipinski definition) is 3. The number of aromatic nitrogens is 2. The first-order chi connectivity index (χ1) is 14.4. The molecule has 0 fully saturated rings. The lowest BCUT2D eigenvalue weighted by molar-refractivity contribution is -0.144. The highest BCUT2D eigenvalue weighted by atomic mass is 32.2. The fraction of sp³-hybridized carbons (Fsp3) is 0.286. The molecule has 0 bridgehead atoms. The second-order valence-electron chi connectivity index (χ2n) is 7.55. The highest BCUT2D eigenvalue weighted by Crippen LogP contribution is 2.34. The van der Waals surface area contributed by atoms with Crippen molar-refractivity contribution in [2.45, 2.75) is 25.6 Å². The summed E-state index contributed by atoms with van der Waals surface area (Å²) < 4.78 is 77.1. The SMILES string of the molecule is Cn1nc(-c2cccc(C(C)(C)N(CC(F)(F)F)S(=O)[O-])c2)cc1-c1ccc(F)cc1. The maximum Gasteiger partial charge on any atom is 0.402 e. The van der Waals surface area contributed by atoms with Crippen molar-refractivity contribution in [3.63, 3.8) is 0 Å². The third kappa shape index (κ3) is 5.20. The third-order valence-electron chi connectivity index (χ3n) is 5.01. The minimum Gasteiger partial charge on any atom is -0.760 e. The quantitative estimate of drug-likeness (QED) is 0.398. The van der Waals surface area contributed by atoms with Crippen LogP contribution in [0.4, 0.5) is 17.6 Å². The third-order valence-corrected chi connectivity index (χ3v) is 5.96. The van der Waals surface area contributed by atoms with Gasteiger partial charge in [0.25, 0.3) is 0 Å². The number of benzene rings is 2. The predicted octanol–water partition coefficient (Wildman–Crippen LogP) is 4.79. The summed E-state index contributed by atoms with van der Waals surface area (Å²) in [6.45, 7) is 1.23. The van der Waals surface area contributed by atoms with Gasteiger partial charge in [-0.2, -0.15) is 18.3 Å². The van der Waals surface area contributed by atoms with Gasteiger partial charge < -0.3 is 4.55 Å². The lowest BCUT2D eigenvalue weighted by Gasteiger charge is -2.40. The summed E-state index contributed by atoms with van der Waals surface area (Å²) in [6, 6.07) is 14.3. The summed E-state index contributed by atoms with van der Waals surface area (Å²) in [7, 11) is 1.72. The smallest absolute Gasteiger partial charge is 0.402 e. The van der Waals surface area contributed by atoms with Crippen molar-refractivity contribution in [2.75, 3.05) is 6.54 Å². The van der Waals surface area contributed by atoms with Crippen LogP contribution in [0.3, 0.4) is 0 Å². The van der Waals surface area contributed by atoms with Gasteiger partial charge in [-0.15, -0.1) is 0 Å². The number of alkyl halides is 3. The molecule has 31 heavy (non-hydrogen) atoms. The molecular weight excluding hydrogens is 434 g/mol. The van der Waals surface area contributed by atoms with E-state index in [1.165, 1.54) is 26.0 Å². The van der Waals surface area contributed by atoms with Crippen LogP contribution in [0, 0.1) is 5.82 Å². The molecule has 1 unspecified atom stereocenters. The zero-order chi connectivity index (χ0) is 23.0. The maximum absolute atomic E-state index is 13.2. The van der Waals surface area contributed by atoms with E-state index in [9.17, 15) is 26.3 Å². The van der Waals surface area contributed by atoms with E-state index in [2.05, 4.69) is 5.10 Å². The molecule has 1 atom stereocenters. The Morgan fingerprint density at radius 3 is 2.29 bits per heavy atom. The predicted molar refractivity (Wildman–Crippen MR) is 109 cm³/mol. The summed E-state index contributed by atoms with van der Waals surface area (Å²) in [5, 5.41) is 4.45. The lowest BCUT2D eigenvalue weighted by atomic mass is 9.92. The number of nitrogens with zero attached hydrogens (tertiary/aromatic N) is 3. The van der Waals surface area contributed by atoms with E-state index in [1.807, 2.05) is 0 Å². The van der Waals surface area contributed by atoms with Crippen molar-refractivity contribution in [2.24, 2.45) is 7.05 Å². The van der Waals surface area contributed by atoms with Gasteiger partial charge in [0.2, 0.25) is 0 Å². The molecule has 3 rings (SSSR count). The van der Waals surface area contributed by atoms with Crippen LogP contribution in [-0.4, -0.2) is 35.6 Å². The van der Waals surface area contributed by atoms with Crippen LogP contribution in [0.25, 0.3) is 22.5 Å². The Kier molecular flexibility index (Phi) is 6.35. The standard InChI is InChI=1S/C21H21F4N3O2S/c1-20(2,28(31(29)30)13-21(23,24)25)16-6-4-5-15(11-16)18-12-19(27(3)26-18)14-7-9-17(22)10-8-14/h4-12H,13H2,1-3H3,(H,29,30)/p-1. The normalized spacial score (nSPS) is 13.6. The molecule has 0 aliphatic heterocycles. The first kappa shape index (κ1) is 23.1. The zero-order valence-electron chi connectivity index (χ0n) is 17.0. The van der Waals surface area contributed by atoms with Crippen molar-refractivity contribution in [3.05, 3.63) is 66.0 Å². The molecule has 1 heterocycles. The van der Waals surface area contributed by atoms with Crippen molar-refractivity contribution in [1.82, 2.24) is 14.1 Å². The Morgan fingerprint density at radius 2 is 1.71 bits per heavy atom. The van der Waals surface area contributed by atoms with Crippen LogP contribution in [0.1, 0.15) is 19.4 Å². The van der Waals surface area contributed by atoms with Crippen molar-refractivity contribution in [3.8, 4) is 22.5 Å². The Labute approximate surface area is 179 Å². The van der Waals surface area contributed by atoms with Crippen molar-refractivity contribution in [1.29, 1.82) is 0 Å².